The fraction of sp³-hybridized carbons (Fsp3) is 0.593. The molecule has 2 unspecified atom stereocenters. The fourth-order valence-corrected chi connectivity index (χ4v) is 7.10. The van der Waals surface area contributed by atoms with Crippen LogP contribution in [0.5, 0.6) is 0 Å². The van der Waals surface area contributed by atoms with Gasteiger partial charge in [0.05, 0.1) is 17.9 Å². The predicted molar refractivity (Wildman–Crippen MR) is 118 cm³/mol. The summed E-state index contributed by atoms with van der Waals surface area (Å²) in [6.45, 7) is 6.92. The minimum Gasteiger partial charge on any atom is -0.465 e. The highest BCUT2D eigenvalue weighted by Gasteiger charge is 2.65. The van der Waals surface area contributed by atoms with E-state index in [-0.39, 0.29) is 22.6 Å². The number of ether oxygens (including phenoxy) is 1. The van der Waals surface area contributed by atoms with E-state index in [1.54, 1.807) is 12.2 Å². The van der Waals surface area contributed by atoms with Crippen molar-refractivity contribution in [2.75, 3.05) is 6.61 Å². The highest BCUT2D eigenvalue weighted by Crippen LogP contribution is 2.70. The topological polar surface area (TPSA) is 60.4 Å². The van der Waals surface area contributed by atoms with E-state index < -0.39 is 11.3 Å². The summed E-state index contributed by atoms with van der Waals surface area (Å²) in [5, 5.41) is 0. The second-order valence-corrected chi connectivity index (χ2v) is 10.5. The first kappa shape index (κ1) is 20.7. The Labute approximate surface area is 184 Å². The molecule has 5 aliphatic rings. The molecule has 1 fully saturated rings. The van der Waals surface area contributed by atoms with Crippen LogP contribution in [0.3, 0.4) is 0 Å². The molecule has 31 heavy (non-hydrogen) atoms. The van der Waals surface area contributed by atoms with Gasteiger partial charge in [-0.3, -0.25) is 14.4 Å². The Balaban J connectivity index is 1.65. The Morgan fingerprint density at radius 3 is 2.77 bits per heavy atom. The molecular weight excluding hydrogens is 388 g/mol. The first-order valence-electron chi connectivity index (χ1n) is 11.9. The second-order valence-electron chi connectivity index (χ2n) is 10.5. The summed E-state index contributed by atoms with van der Waals surface area (Å²) in [6, 6.07) is 0. The lowest BCUT2D eigenvalue weighted by molar-refractivity contribution is -0.147. The summed E-state index contributed by atoms with van der Waals surface area (Å²) in [6.07, 6.45) is 14.0. The molecule has 0 bridgehead atoms. The van der Waals surface area contributed by atoms with Gasteiger partial charge in [0.25, 0.3) is 0 Å². The third-order valence-electron chi connectivity index (χ3n) is 8.98. The number of carbonyl (C=O) groups excluding carboxylic acids is 3. The monoisotopic (exact) mass is 420 g/mol. The van der Waals surface area contributed by atoms with E-state index in [2.05, 4.69) is 26.8 Å². The molecule has 0 aliphatic heterocycles. The lowest BCUT2D eigenvalue weighted by atomic mass is 9.51. The van der Waals surface area contributed by atoms with Crippen molar-refractivity contribution in [3.8, 4) is 0 Å². The van der Waals surface area contributed by atoms with Gasteiger partial charge in [0.2, 0.25) is 0 Å². The van der Waals surface area contributed by atoms with E-state index >= 15 is 0 Å². The van der Waals surface area contributed by atoms with Crippen LogP contribution in [0, 0.1) is 22.2 Å². The second kappa shape index (κ2) is 6.88. The van der Waals surface area contributed by atoms with Crippen LogP contribution in [0.25, 0.3) is 0 Å². The van der Waals surface area contributed by atoms with Crippen LogP contribution < -0.4 is 0 Å². The largest absolute Gasteiger partial charge is 0.465 e. The van der Waals surface area contributed by atoms with E-state index in [1.807, 2.05) is 6.08 Å². The molecule has 1 spiro atoms. The Morgan fingerprint density at radius 1 is 1.19 bits per heavy atom. The summed E-state index contributed by atoms with van der Waals surface area (Å²) < 4.78 is 5.70. The van der Waals surface area contributed by atoms with E-state index in [0.717, 1.165) is 55.2 Å². The molecule has 0 aromatic heterocycles. The van der Waals surface area contributed by atoms with Gasteiger partial charge in [-0.2, -0.15) is 0 Å². The Bertz CT molecular complexity index is 1010. The molecule has 0 saturated heterocycles. The van der Waals surface area contributed by atoms with Gasteiger partial charge in [0.15, 0.2) is 5.78 Å². The van der Waals surface area contributed by atoms with Crippen molar-refractivity contribution < 1.29 is 19.1 Å². The molecule has 0 radical (unpaired) electrons. The van der Waals surface area contributed by atoms with Crippen molar-refractivity contribution in [1.29, 1.82) is 0 Å². The molecule has 0 N–H and O–H groups in total. The molecule has 1 saturated carbocycles. The van der Waals surface area contributed by atoms with Crippen molar-refractivity contribution in [1.82, 2.24) is 0 Å². The molecule has 4 nitrogen and oxygen atoms in total. The van der Waals surface area contributed by atoms with Crippen LogP contribution in [0.4, 0.5) is 0 Å². The normalized spacial score (nSPS) is 38.2. The molecule has 0 aromatic rings. The molecule has 5 aliphatic carbocycles. The minimum atomic E-state index is -0.445. The van der Waals surface area contributed by atoms with Crippen LogP contribution in [0.1, 0.15) is 72.1 Å². The van der Waals surface area contributed by atoms with Crippen LogP contribution >= 0.6 is 0 Å². The number of ketones is 2. The lowest BCUT2D eigenvalue weighted by Crippen LogP contribution is -2.46. The first-order valence-corrected chi connectivity index (χ1v) is 11.9. The average molecular weight is 421 g/mol. The SMILES string of the molecule is CCCCOC(=O)[C@@H]1CC2=CC(=O)C=CC2(C)C2=C1C1=CC[C@@]3(C)CCC(=O)C13CC2. The zero-order chi connectivity index (χ0) is 22.0. The number of hydrogen-bond donors (Lipinski definition) is 0. The number of rotatable bonds is 4. The van der Waals surface area contributed by atoms with Crippen molar-refractivity contribution in [3.05, 3.63) is 46.6 Å². The Kier molecular flexibility index (Phi) is 4.59. The van der Waals surface area contributed by atoms with Gasteiger partial charge >= 0.3 is 5.97 Å². The van der Waals surface area contributed by atoms with Crippen LogP contribution in [-0.2, 0) is 19.1 Å². The molecular formula is C27H32O4. The van der Waals surface area contributed by atoms with Crippen molar-refractivity contribution in [2.24, 2.45) is 22.2 Å². The Hall–Kier alpha value is -2.23. The summed E-state index contributed by atoms with van der Waals surface area (Å²) in [5.74, 6) is -0.294. The van der Waals surface area contributed by atoms with Gasteiger partial charge in [0, 0.05) is 11.8 Å². The predicted octanol–water partition coefficient (Wildman–Crippen LogP) is 5.20. The number of fused-ring (bicyclic) bond motifs is 3. The standard InChI is InChI=1S/C27H32O4/c1-4-5-14-31-24(30)19-16-17-15-18(28)6-12-26(17,3)20-8-13-27-21(23(19)20)7-10-25(27,2)11-9-22(27)29/h6-7,12,15,19H,4-5,8-11,13-14,16H2,1-3H3/t19-,25+,26?,27?/m1/s1. The molecule has 164 valence electrons. The smallest absolute Gasteiger partial charge is 0.313 e. The van der Waals surface area contributed by atoms with Gasteiger partial charge in [0.1, 0.15) is 5.78 Å². The zero-order valence-electron chi connectivity index (χ0n) is 18.9. The molecule has 0 amide bonds. The number of hydrogen-bond acceptors (Lipinski definition) is 4. The number of unbranched alkanes of at least 4 members (excludes halogenated alkanes) is 1. The maximum Gasteiger partial charge on any atom is 0.313 e. The first-order chi connectivity index (χ1) is 14.8. The molecule has 0 heterocycles. The minimum absolute atomic E-state index is 0.0134. The van der Waals surface area contributed by atoms with Crippen molar-refractivity contribution >= 4 is 17.5 Å². The maximum absolute atomic E-state index is 13.3. The van der Waals surface area contributed by atoms with Gasteiger partial charge < -0.3 is 4.74 Å². The van der Waals surface area contributed by atoms with E-state index in [0.29, 0.717) is 25.2 Å². The van der Waals surface area contributed by atoms with Crippen LogP contribution in [0.15, 0.2) is 46.6 Å². The Morgan fingerprint density at radius 2 is 2.00 bits per heavy atom. The zero-order valence-corrected chi connectivity index (χ0v) is 18.9. The molecule has 0 aromatic carbocycles. The number of esters is 1. The quantitative estimate of drug-likeness (QED) is 0.463. The number of carbonyl (C=O) groups is 3. The lowest BCUT2D eigenvalue weighted by Gasteiger charge is -2.51. The van der Waals surface area contributed by atoms with Crippen molar-refractivity contribution in [2.45, 2.75) is 72.1 Å². The molecule has 4 atom stereocenters. The third-order valence-corrected chi connectivity index (χ3v) is 8.98. The van der Waals surface area contributed by atoms with Gasteiger partial charge in [-0.25, -0.2) is 0 Å². The highest BCUT2D eigenvalue weighted by molar-refractivity contribution is 6.02. The molecule has 4 heteroatoms. The van der Waals surface area contributed by atoms with Gasteiger partial charge in [-0.1, -0.05) is 43.6 Å². The summed E-state index contributed by atoms with van der Waals surface area (Å²) >= 11 is 0. The average Bonchev–Trinajstić information content (AvgIpc) is 3.18. The maximum atomic E-state index is 13.3. The van der Waals surface area contributed by atoms with Crippen LogP contribution in [-0.4, -0.2) is 24.1 Å². The van der Waals surface area contributed by atoms with E-state index in [4.69, 9.17) is 4.74 Å². The summed E-state index contributed by atoms with van der Waals surface area (Å²) in [5.41, 5.74) is 3.56. The van der Waals surface area contributed by atoms with Gasteiger partial charge in [-0.05, 0) is 74.2 Å². The summed E-state index contributed by atoms with van der Waals surface area (Å²) in [4.78, 5) is 38.8. The van der Waals surface area contributed by atoms with Crippen LogP contribution in [0.2, 0.25) is 0 Å². The number of Topliss-reactive ketones (excluding diaryl/α,β-unsaturated/α-hetero) is 1. The van der Waals surface area contributed by atoms with Gasteiger partial charge in [-0.15, -0.1) is 0 Å². The van der Waals surface area contributed by atoms with Crippen molar-refractivity contribution in [3.63, 3.8) is 0 Å². The molecule has 5 rings (SSSR count). The summed E-state index contributed by atoms with van der Waals surface area (Å²) in [7, 11) is 0. The fourth-order valence-electron chi connectivity index (χ4n) is 7.10. The highest BCUT2D eigenvalue weighted by atomic mass is 16.5. The third kappa shape index (κ3) is 2.63. The van der Waals surface area contributed by atoms with E-state index in [9.17, 15) is 14.4 Å². The number of allylic oxidation sites excluding steroid dienone is 7. The van der Waals surface area contributed by atoms with E-state index in [1.165, 1.54) is 5.57 Å².